The Morgan fingerprint density at radius 2 is 2.29 bits per heavy atom. The number of carbonyl (C=O) groups excluding carboxylic acids is 1. The molecule has 1 aromatic heterocycles. The van der Waals surface area contributed by atoms with E-state index in [1.807, 2.05) is 13.1 Å². The Morgan fingerprint density at radius 3 is 2.71 bits per heavy atom. The van der Waals surface area contributed by atoms with E-state index in [-0.39, 0.29) is 5.91 Å². The Kier molecular flexibility index (Phi) is 3.45. The molecule has 1 N–H and O–H groups in total. The lowest BCUT2D eigenvalue weighted by Gasteiger charge is -2.15. The number of hydrogen-bond donors (Lipinski definition) is 1. The first kappa shape index (κ1) is 10.5. The number of anilines is 1. The van der Waals surface area contributed by atoms with Crippen LogP contribution in [0.5, 0.6) is 0 Å². The van der Waals surface area contributed by atoms with Crippen LogP contribution in [0.15, 0.2) is 18.3 Å². The highest BCUT2D eigenvalue weighted by Gasteiger charge is 2.04. The first-order valence-corrected chi connectivity index (χ1v) is 4.58. The lowest BCUT2D eigenvalue weighted by Crippen LogP contribution is -2.20. The van der Waals surface area contributed by atoms with Crippen molar-refractivity contribution in [2.75, 3.05) is 25.5 Å². The van der Waals surface area contributed by atoms with Gasteiger partial charge in [0.25, 0.3) is 5.91 Å². The zero-order valence-corrected chi connectivity index (χ0v) is 8.74. The predicted molar refractivity (Wildman–Crippen MR) is 56.6 cm³/mol. The molecule has 76 valence electrons. The molecule has 0 aromatic carbocycles. The summed E-state index contributed by atoms with van der Waals surface area (Å²) >= 11 is 0. The summed E-state index contributed by atoms with van der Waals surface area (Å²) in [5.41, 5.74) is 1.46. The summed E-state index contributed by atoms with van der Waals surface area (Å²) in [5, 5.41) is 2.53. The Hall–Kier alpha value is -1.58. The van der Waals surface area contributed by atoms with E-state index in [2.05, 4.69) is 22.1 Å². The highest BCUT2D eigenvalue weighted by Crippen LogP contribution is 2.10. The van der Waals surface area contributed by atoms with E-state index in [0.717, 1.165) is 12.2 Å². The van der Waals surface area contributed by atoms with Crippen molar-refractivity contribution in [2.45, 2.75) is 6.92 Å². The third-order valence-electron chi connectivity index (χ3n) is 2.12. The van der Waals surface area contributed by atoms with E-state index in [9.17, 15) is 4.79 Å². The van der Waals surface area contributed by atoms with Crippen LogP contribution < -0.4 is 10.2 Å². The molecule has 0 fully saturated rings. The van der Waals surface area contributed by atoms with E-state index in [4.69, 9.17) is 0 Å². The molecule has 0 saturated heterocycles. The molecule has 1 heterocycles. The summed E-state index contributed by atoms with van der Waals surface area (Å²) in [6.07, 6.45) is 1.70. The quantitative estimate of drug-likeness (QED) is 0.775. The molecule has 0 aliphatic carbocycles. The molecule has 14 heavy (non-hydrogen) atoms. The number of aromatic nitrogens is 1. The van der Waals surface area contributed by atoms with E-state index in [1.54, 1.807) is 19.3 Å². The van der Waals surface area contributed by atoms with Crippen LogP contribution in [0, 0.1) is 0 Å². The van der Waals surface area contributed by atoms with Gasteiger partial charge in [-0.05, 0) is 19.1 Å². The minimum atomic E-state index is -0.157. The van der Waals surface area contributed by atoms with Crippen LogP contribution >= 0.6 is 0 Å². The van der Waals surface area contributed by atoms with Gasteiger partial charge in [0.1, 0.15) is 5.69 Å². The summed E-state index contributed by atoms with van der Waals surface area (Å²) in [7, 11) is 3.58. The molecule has 1 aromatic rings. The third kappa shape index (κ3) is 2.22. The molecule has 1 rings (SSSR count). The molecule has 0 bridgehead atoms. The second-order valence-corrected chi connectivity index (χ2v) is 2.99. The summed E-state index contributed by atoms with van der Waals surface area (Å²) in [6, 6.07) is 3.61. The molecule has 4 nitrogen and oxygen atoms in total. The molecular formula is C10H15N3O. The fraction of sp³-hybridized carbons (Fsp3) is 0.400. The van der Waals surface area contributed by atoms with Crippen LogP contribution in [-0.2, 0) is 0 Å². The normalized spacial score (nSPS) is 9.64. The number of nitrogens with zero attached hydrogens (tertiary/aromatic N) is 2. The zero-order valence-electron chi connectivity index (χ0n) is 8.74. The second kappa shape index (κ2) is 4.60. The first-order valence-electron chi connectivity index (χ1n) is 4.58. The fourth-order valence-corrected chi connectivity index (χ4v) is 1.06. The Bertz CT molecular complexity index is 308. The molecule has 0 atom stereocenters. The molecule has 0 aliphatic rings. The number of amides is 1. The van der Waals surface area contributed by atoms with Crippen LogP contribution in [-0.4, -0.2) is 31.5 Å². The lowest BCUT2D eigenvalue weighted by molar-refractivity contribution is 0.0958. The Balaban J connectivity index is 2.83. The topological polar surface area (TPSA) is 45.2 Å². The van der Waals surface area contributed by atoms with Crippen molar-refractivity contribution in [1.29, 1.82) is 0 Å². The molecule has 0 spiro atoms. The molecule has 0 aliphatic heterocycles. The van der Waals surface area contributed by atoms with Crippen molar-refractivity contribution in [2.24, 2.45) is 0 Å². The van der Waals surface area contributed by atoms with Gasteiger partial charge >= 0.3 is 0 Å². The maximum atomic E-state index is 11.2. The maximum Gasteiger partial charge on any atom is 0.269 e. The van der Waals surface area contributed by atoms with E-state index in [0.29, 0.717) is 5.69 Å². The average Bonchev–Trinajstić information content (AvgIpc) is 2.27. The van der Waals surface area contributed by atoms with Gasteiger partial charge in [-0.25, -0.2) is 4.98 Å². The highest BCUT2D eigenvalue weighted by molar-refractivity contribution is 5.92. The molecule has 0 unspecified atom stereocenters. The van der Waals surface area contributed by atoms with Crippen molar-refractivity contribution >= 4 is 11.6 Å². The van der Waals surface area contributed by atoms with Crippen molar-refractivity contribution in [3.05, 3.63) is 24.0 Å². The third-order valence-corrected chi connectivity index (χ3v) is 2.12. The fourth-order valence-electron chi connectivity index (χ4n) is 1.06. The molecule has 0 saturated carbocycles. The minimum Gasteiger partial charge on any atom is -0.374 e. The Morgan fingerprint density at radius 1 is 1.57 bits per heavy atom. The van der Waals surface area contributed by atoms with Crippen LogP contribution in [0.2, 0.25) is 0 Å². The molecule has 0 radical (unpaired) electrons. The van der Waals surface area contributed by atoms with Gasteiger partial charge in [-0.1, -0.05) is 0 Å². The van der Waals surface area contributed by atoms with Gasteiger partial charge in [0, 0.05) is 20.6 Å². The van der Waals surface area contributed by atoms with Crippen molar-refractivity contribution < 1.29 is 4.79 Å². The predicted octanol–water partition coefficient (Wildman–Crippen LogP) is 0.897. The van der Waals surface area contributed by atoms with Crippen molar-refractivity contribution in [1.82, 2.24) is 10.3 Å². The standard InChI is InChI=1S/C10H15N3O/c1-4-13(3)8-5-6-9(12-7-8)10(14)11-2/h5-7H,4H2,1-3H3,(H,11,14). The summed E-state index contributed by atoms with van der Waals surface area (Å²) in [4.78, 5) is 17.3. The van der Waals surface area contributed by atoms with Crippen LogP contribution in [0.4, 0.5) is 5.69 Å². The van der Waals surface area contributed by atoms with Gasteiger partial charge in [0.05, 0.1) is 11.9 Å². The SMILES string of the molecule is CCN(C)c1ccc(C(=O)NC)nc1. The second-order valence-electron chi connectivity index (χ2n) is 2.99. The van der Waals surface area contributed by atoms with E-state index >= 15 is 0 Å². The number of pyridine rings is 1. The van der Waals surface area contributed by atoms with Crippen LogP contribution in [0.1, 0.15) is 17.4 Å². The molecular weight excluding hydrogens is 178 g/mol. The molecule has 4 heteroatoms. The van der Waals surface area contributed by atoms with Crippen molar-refractivity contribution in [3.8, 4) is 0 Å². The Labute approximate surface area is 83.9 Å². The summed E-state index contributed by atoms with van der Waals surface area (Å²) < 4.78 is 0. The monoisotopic (exact) mass is 193 g/mol. The number of nitrogens with one attached hydrogen (secondary N) is 1. The number of hydrogen-bond acceptors (Lipinski definition) is 3. The first-order chi connectivity index (χ1) is 6.69. The number of carbonyl (C=O) groups is 1. The van der Waals surface area contributed by atoms with E-state index < -0.39 is 0 Å². The van der Waals surface area contributed by atoms with Crippen LogP contribution in [0.3, 0.4) is 0 Å². The van der Waals surface area contributed by atoms with Gasteiger partial charge < -0.3 is 10.2 Å². The number of rotatable bonds is 3. The average molecular weight is 193 g/mol. The highest BCUT2D eigenvalue weighted by atomic mass is 16.1. The minimum absolute atomic E-state index is 0.157. The summed E-state index contributed by atoms with van der Waals surface area (Å²) in [6.45, 7) is 2.98. The van der Waals surface area contributed by atoms with Gasteiger partial charge in [-0.3, -0.25) is 4.79 Å². The molecule has 1 amide bonds. The summed E-state index contributed by atoms with van der Waals surface area (Å²) in [5.74, 6) is -0.157. The van der Waals surface area contributed by atoms with Crippen LogP contribution in [0.25, 0.3) is 0 Å². The van der Waals surface area contributed by atoms with Gasteiger partial charge in [-0.2, -0.15) is 0 Å². The van der Waals surface area contributed by atoms with Gasteiger partial charge in [0.15, 0.2) is 0 Å². The van der Waals surface area contributed by atoms with Gasteiger partial charge in [0.2, 0.25) is 0 Å². The zero-order chi connectivity index (χ0) is 10.6. The maximum absolute atomic E-state index is 11.2. The van der Waals surface area contributed by atoms with E-state index in [1.165, 1.54) is 0 Å². The largest absolute Gasteiger partial charge is 0.374 e. The smallest absolute Gasteiger partial charge is 0.269 e. The van der Waals surface area contributed by atoms with Crippen molar-refractivity contribution in [3.63, 3.8) is 0 Å². The lowest BCUT2D eigenvalue weighted by atomic mass is 10.3. The van der Waals surface area contributed by atoms with Gasteiger partial charge in [-0.15, -0.1) is 0 Å².